The zero-order chi connectivity index (χ0) is 27.8. The molecule has 8 heteroatoms. The molecule has 0 atom stereocenters. The number of rotatable bonds is 11. The molecule has 0 unspecified atom stereocenters. The number of nitrogens with zero attached hydrogens (tertiary/aromatic N) is 4. The molecule has 0 aliphatic carbocycles. The molecule has 3 aromatic heterocycles. The van der Waals surface area contributed by atoms with Gasteiger partial charge in [0.25, 0.3) is 0 Å². The molecule has 0 saturated carbocycles. The first-order valence-electron chi connectivity index (χ1n) is 13.6. The van der Waals surface area contributed by atoms with E-state index in [1.54, 1.807) is 12.3 Å². The van der Waals surface area contributed by atoms with Gasteiger partial charge in [0.05, 0.1) is 6.61 Å². The van der Waals surface area contributed by atoms with Crippen molar-refractivity contribution in [2.75, 3.05) is 24.6 Å². The van der Waals surface area contributed by atoms with Crippen molar-refractivity contribution in [3.05, 3.63) is 72.3 Å². The number of aromatic nitrogens is 4. The van der Waals surface area contributed by atoms with Crippen LogP contribution in [0.5, 0.6) is 11.6 Å². The highest BCUT2D eigenvalue weighted by molar-refractivity contribution is 5.90. The minimum Gasteiger partial charge on any atom is -0.477 e. The lowest BCUT2D eigenvalue weighted by Gasteiger charge is -2.22. The summed E-state index contributed by atoms with van der Waals surface area (Å²) in [4.78, 5) is 31.6. The second kappa shape index (κ2) is 16.7. The number of benzene rings is 1. The molecule has 0 radical (unpaired) electrons. The molecular weight excluding hydrogens is 478 g/mol. The molecule has 0 bridgehead atoms. The Morgan fingerprint density at radius 1 is 0.947 bits per heavy atom. The van der Waals surface area contributed by atoms with E-state index in [1.807, 2.05) is 70.3 Å². The van der Waals surface area contributed by atoms with Crippen molar-refractivity contribution >= 4 is 22.8 Å². The molecule has 1 aromatic carbocycles. The molecule has 4 aromatic rings. The summed E-state index contributed by atoms with van der Waals surface area (Å²) in [5.74, 6) is 0.702. The number of ether oxygens (including phenoxy) is 2. The quantitative estimate of drug-likeness (QED) is 0.171. The molecule has 4 rings (SSSR count). The van der Waals surface area contributed by atoms with Gasteiger partial charge in [-0.25, -0.2) is 9.78 Å². The number of pyridine rings is 1. The SMILES string of the molecule is CC.CC.CCCN(CCC)c1nc(OCCc2ccccn2)cc(C(=O)Oc2ccc3[nH]ccc3c2)n1. The zero-order valence-electron chi connectivity index (χ0n) is 23.5. The maximum atomic E-state index is 13.0. The number of fused-ring (bicyclic) bond motifs is 1. The lowest BCUT2D eigenvalue weighted by atomic mass is 10.2. The number of carbonyl (C=O) groups is 1. The first-order chi connectivity index (χ1) is 18.7. The van der Waals surface area contributed by atoms with Crippen molar-refractivity contribution in [3.63, 3.8) is 0 Å². The minimum absolute atomic E-state index is 0.157. The average molecular weight is 520 g/mol. The van der Waals surface area contributed by atoms with Gasteiger partial charge in [0, 0.05) is 54.6 Å². The normalized spacial score (nSPS) is 10.1. The van der Waals surface area contributed by atoms with E-state index in [0.717, 1.165) is 42.5 Å². The lowest BCUT2D eigenvalue weighted by molar-refractivity contribution is 0.0728. The van der Waals surface area contributed by atoms with Crippen molar-refractivity contribution in [1.29, 1.82) is 0 Å². The fourth-order valence-corrected chi connectivity index (χ4v) is 3.64. The number of aromatic amines is 1. The molecule has 0 aliphatic rings. The van der Waals surface area contributed by atoms with Crippen molar-refractivity contribution in [3.8, 4) is 11.6 Å². The van der Waals surface area contributed by atoms with E-state index in [4.69, 9.17) is 9.47 Å². The molecule has 0 amide bonds. The van der Waals surface area contributed by atoms with Crippen LogP contribution in [-0.4, -0.2) is 45.6 Å². The van der Waals surface area contributed by atoms with E-state index >= 15 is 0 Å². The molecular formula is C30H41N5O3. The van der Waals surface area contributed by atoms with Gasteiger partial charge in [-0.15, -0.1) is 0 Å². The Kier molecular flexibility index (Phi) is 13.3. The molecule has 3 heterocycles. The number of esters is 1. The second-order valence-electron chi connectivity index (χ2n) is 7.91. The fourth-order valence-electron chi connectivity index (χ4n) is 3.64. The van der Waals surface area contributed by atoms with E-state index < -0.39 is 5.97 Å². The van der Waals surface area contributed by atoms with Crippen LogP contribution in [0.4, 0.5) is 5.95 Å². The van der Waals surface area contributed by atoms with Gasteiger partial charge in [-0.05, 0) is 49.2 Å². The lowest BCUT2D eigenvalue weighted by Crippen LogP contribution is -2.28. The van der Waals surface area contributed by atoms with Crippen LogP contribution in [0.3, 0.4) is 0 Å². The monoisotopic (exact) mass is 519 g/mol. The number of hydrogen-bond donors (Lipinski definition) is 1. The molecule has 0 saturated heterocycles. The van der Waals surface area contributed by atoms with Crippen LogP contribution < -0.4 is 14.4 Å². The van der Waals surface area contributed by atoms with Crippen LogP contribution in [-0.2, 0) is 6.42 Å². The van der Waals surface area contributed by atoms with Crippen molar-refractivity contribution in [1.82, 2.24) is 19.9 Å². The Morgan fingerprint density at radius 3 is 2.39 bits per heavy atom. The standard InChI is InChI=1S/C26H29N5O3.2C2H6/c1-3-14-31(15-4-2)26-29-23(18-24(30-26)33-16-11-20-7-5-6-12-27-20)25(32)34-21-8-9-22-19(17-21)10-13-28-22;2*1-2/h5-10,12-13,17-18,28H,3-4,11,14-16H2,1-2H3;2*1-2H3. The summed E-state index contributed by atoms with van der Waals surface area (Å²) in [5.41, 5.74) is 2.06. The Morgan fingerprint density at radius 2 is 1.71 bits per heavy atom. The van der Waals surface area contributed by atoms with E-state index in [0.29, 0.717) is 30.6 Å². The zero-order valence-corrected chi connectivity index (χ0v) is 23.5. The van der Waals surface area contributed by atoms with Gasteiger partial charge in [-0.1, -0.05) is 47.6 Å². The molecule has 8 nitrogen and oxygen atoms in total. The summed E-state index contributed by atoms with van der Waals surface area (Å²) in [6.07, 6.45) is 6.10. The Balaban J connectivity index is 0.00000121. The molecule has 0 fully saturated rings. The maximum Gasteiger partial charge on any atom is 0.362 e. The molecule has 204 valence electrons. The highest BCUT2D eigenvalue weighted by atomic mass is 16.5. The number of H-pyrrole nitrogens is 1. The minimum atomic E-state index is -0.555. The smallest absolute Gasteiger partial charge is 0.362 e. The molecule has 0 spiro atoms. The van der Waals surface area contributed by atoms with E-state index in [-0.39, 0.29) is 5.69 Å². The maximum absolute atomic E-state index is 13.0. The summed E-state index contributed by atoms with van der Waals surface area (Å²) >= 11 is 0. The van der Waals surface area contributed by atoms with Crippen LogP contribution in [0.15, 0.2) is 60.9 Å². The Bertz CT molecular complexity index is 1220. The van der Waals surface area contributed by atoms with Gasteiger partial charge in [0.15, 0.2) is 5.69 Å². The molecule has 0 aliphatic heterocycles. The van der Waals surface area contributed by atoms with Gasteiger partial charge < -0.3 is 19.4 Å². The largest absolute Gasteiger partial charge is 0.477 e. The van der Waals surface area contributed by atoms with Crippen LogP contribution in [0.2, 0.25) is 0 Å². The van der Waals surface area contributed by atoms with Crippen LogP contribution in [0, 0.1) is 0 Å². The van der Waals surface area contributed by atoms with Crippen LogP contribution in [0.25, 0.3) is 10.9 Å². The summed E-state index contributed by atoms with van der Waals surface area (Å²) in [6, 6.07) is 14.7. The number of carbonyl (C=O) groups excluding carboxylic acids is 1. The van der Waals surface area contributed by atoms with Gasteiger partial charge in [0.2, 0.25) is 11.8 Å². The third kappa shape index (κ3) is 8.87. The predicted molar refractivity (Wildman–Crippen MR) is 154 cm³/mol. The van der Waals surface area contributed by atoms with Crippen LogP contribution >= 0.6 is 0 Å². The Hall–Kier alpha value is -3.94. The summed E-state index contributed by atoms with van der Waals surface area (Å²) < 4.78 is 11.5. The van der Waals surface area contributed by atoms with Gasteiger partial charge in [0.1, 0.15) is 5.75 Å². The Labute approximate surface area is 226 Å². The first-order valence-corrected chi connectivity index (χ1v) is 13.6. The average Bonchev–Trinajstić information content (AvgIpc) is 3.43. The second-order valence-corrected chi connectivity index (χ2v) is 7.91. The summed E-state index contributed by atoms with van der Waals surface area (Å²) in [6.45, 7) is 14.1. The third-order valence-electron chi connectivity index (χ3n) is 5.24. The number of nitrogens with one attached hydrogen (secondary N) is 1. The van der Waals surface area contributed by atoms with Crippen molar-refractivity contribution in [2.24, 2.45) is 0 Å². The summed E-state index contributed by atoms with van der Waals surface area (Å²) in [5, 5.41) is 0.962. The first kappa shape index (κ1) is 30.3. The van der Waals surface area contributed by atoms with Crippen molar-refractivity contribution < 1.29 is 14.3 Å². The fraction of sp³-hybridized carbons (Fsp3) is 0.400. The number of hydrogen-bond acceptors (Lipinski definition) is 7. The van der Waals surface area contributed by atoms with E-state index in [9.17, 15) is 4.79 Å². The van der Waals surface area contributed by atoms with Gasteiger partial charge >= 0.3 is 5.97 Å². The molecule has 1 N–H and O–H groups in total. The predicted octanol–water partition coefficient (Wildman–Crippen LogP) is 6.87. The van der Waals surface area contributed by atoms with E-state index in [2.05, 4.69) is 38.7 Å². The third-order valence-corrected chi connectivity index (χ3v) is 5.24. The highest BCUT2D eigenvalue weighted by Crippen LogP contribution is 2.22. The number of anilines is 1. The van der Waals surface area contributed by atoms with Crippen LogP contribution in [0.1, 0.15) is 70.6 Å². The van der Waals surface area contributed by atoms with Gasteiger partial charge in [-0.3, -0.25) is 4.98 Å². The summed E-state index contributed by atoms with van der Waals surface area (Å²) in [7, 11) is 0. The van der Waals surface area contributed by atoms with Gasteiger partial charge in [-0.2, -0.15) is 4.98 Å². The van der Waals surface area contributed by atoms with Crippen molar-refractivity contribution in [2.45, 2.75) is 60.8 Å². The van der Waals surface area contributed by atoms with E-state index in [1.165, 1.54) is 6.07 Å². The molecule has 38 heavy (non-hydrogen) atoms. The highest BCUT2D eigenvalue weighted by Gasteiger charge is 2.18. The topological polar surface area (TPSA) is 93.2 Å².